The van der Waals surface area contributed by atoms with Crippen LogP contribution in [0.2, 0.25) is 0 Å². The van der Waals surface area contributed by atoms with E-state index in [-0.39, 0.29) is 12.3 Å². The minimum absolute atomic E-state index is 0.00670. The number of hydrogen-bond donors (Lipinski definition) is 0. The van der Waals surface area contributed by atoms with Gasteiger partial charge < -0.3 is 14.5 Å². The van der Waals surface area contributed by atoms with Crippen molar-refractivity contribution in [3.8, 4) is 5.75 Å². The number of alkyl halides is 3. The van der Waals surface area contributed by atoms with E-state index in [1.807, 2.05) is 29.2 Å². The second-order valence-corrected chi connectivity index (χ2v) is 6.31. The standard InChI is InChI=1S/C19H20F3N3O2/c1-27-16-4-2-3-14(11-16)13-25-10-9-24(8-7-18(25)26)17-6-5-15(12-23-17)19(20,21)22/h2-6,11-12H,7-10,13H2,1H3. The Morgan fingerprint density at radius 1 is 1.15 bits per heavy atom. The summed E-state index contributed by atoms with van der Waals surface area (Å²) in [4.78, 5) is 19.9. The highest BCUT2D eigenvalue weighted by Crippen LogP contribution is 2.29. The lowest BCUT2D eigenvalue weighted by Gasteiger charge is -2.23. The Morgan fingerprint density at radius 2 is 1.96 bits per heavy atom. The maximum atomic E-state index is 12.7. The first-order valence-corrected chi connectivity index (χ1v) is 8.56. The summed E-state index contributed by atoms with van der Waals surface area (Å²) in [7, 11) is 1.59. The van der Waals surface area contributed by atoms with E-state index in [4.69, 9.17) is 4.74 Å². The van der Waals surface area contributed by atoms with Gasteiger partial charge in [0.25, 0.3) is 0 Å². The molecule has 1 aliphatic rings. The van der Waals surface area contributed by atoms with Gasteiger partial charge in [0, 0.05) is 38.8 Å². The second kappa shape index (κ2) is 7.85. The van der Waals surface area contributed by atoms with Gasteiger partial charge in [-0.1, -0.05) is 12.1 Å². The molecule has 144 valence electrons. The third kappa shape index (κ3) is 4.69. The first-order valence-electron chi connectivity index (χ1n) is 8.56. The van der Waals surface area contributed by atoms with Gasteiger partial charge in [-0.3, -0.25) is 4.79 Å². The van der Waals surface area contributed by atoms with E-state index >= 15 is 0 Å². The normalized spacial score (nSPS) is 15.6. The zero-order chi connectivity index (χ0) is 19.4. The van der Waals surface area contributed by atoms with E-state index in [2.05, 4.69) is 4.98 Å². The molecule has 1 amide bonds. The van der Waals surface area contributed by atoms with Gasteiger partial charge in [-0.25, -0.2) is 4.98 Å². The fourth-order valence-corrected chi connectivity index (χ4v) is 2.99. The minimum Gasteiger partial charge on any atom is -0.497 e. The van der Waals surface area contributed by atoms with Gasteiger partial charge in [0.15, 0.2) is 0 Å². The number of carbonyl (C=O) groups excluding carboxylic acids is 1. The van der Waals surface area contributed by atoms with Crippen LogP contribution in [0.1, 0.15) is 17.5 Å². The number of ether oxygens (including phenoxy) is 1. The Hall–Kier alpha value is -2.77. The molecule has 1 saturated heterocycles. The topological polar surface area (TPSA) is 45.7 Å². The van der Waals surface area contributed by atoms with Gasteiger partial charge in [0.05, 0.1) is 12.7 Å². The van der Waals surface area contributed by atoms with Crippen LogP contribution in [-0.4, -0.2) is 42.5 Å². The summed E-state index contributed by atoms with van der Waals surface area (Å²) >= 11 is 0. The van der Waals surface area contributed by atoms with Gasteiger partial charge in [0.1, 0.15) is 11.6 Å². The van der Waals surface area contributed by atoms with Crippen LogP contribution in [0.3, 0.4) is 0 Å². The molecular weight excluding hydrogens is 359 g/mol. The van der Waals surface area contributed by atoms with Crippen molar-refractivity contribution in [3.63, 3.8) is 0 Å². The Morgan fingerprint density at radius 3 is 2.63 bits per heavy atom. The summed E-state index contributed by atoms with van der Waals surface area (Å²) in [5.74, 6) is 1.18. The Labute approximate surface area is 155 Å². The molecule has 8 heteroatoms. The quantitative estimate of drug-likeness (QED) is 0.817. The smallest absolute Gasteiger partial charge is 0.417 e. The summed E-state index contributed by atoms with van der Waals surface area (Å²) in [5.41, 5.74) is 0.181. The summed E-state index contributed by atoms with van der Waals surface area (Å²) in [6.07, 6.45) is -3.30. The van der Waals surface area contributed by atoms with Crippen LogP contribution in [0.25, 0.3) is 0 Å². The molecule has 0 spiro atoms. The molecule has 0 atom stereocenters. The van der Waals surface area contributed by atoms with Gasteiger partial charge in [-0.2, -0.15) is 13.2 Å². The highest BCUT2D eigenvalue weighted by atomic mass is 19.4. The van der Waals surface area contributed by atoms with Gasteiger partial charge in [-0.15, -0.1) is 0 Å². The molecule has 3 rings (SSSR count). The summed E-state index contributed by atoms with van der Waals surface area (Å²) in [6, 6.07) is 9.89. The molecule has 1 aromatic carbocycles. The van der Waals surface area contributed by atoms with Crippen LogP contribution >= 0.6 is 0 Å². The molecular formula is C19H20F3N3O2. The molecule has 0 aliphatic carbocycles. The van der Waals surface area contributed by atoms with Crippen LogP contribution in [-0.2, 0) is 17.5 Å². The molecule has 27 heavy (non-hydrogen) atoms. The van der Waals surface area contributed by atoms with Crippen LogP contribution < -0.4 is 9.64 Å². The fourth-order valence-electron chi connectivity index (χ4n) is 2.99. The number of rotatable bonds is 4. The average Bonchev–Trinajstić information content (AvgIpc) is 2.83. The minimum atomic E-state index is -4.41. The third-order valence-electron chi connectivity index (χ3n) is 4.49. The van der Waals surface area contributed by atoms with E-state index < -0.39 is 11.7 Å². The number of nitrogens with zero attached hydrogens (tertiary/aromatic N) is 3. The van der Waals surface area contributed by atoms with Gasteiger partial charge in [0.2, 0.25) is 5.91 Å². The van der Waals surface area contributed by atoms with Crippen molar-refractivity contribution in [1.82, 2.24) is 9.88 Å². The molecule has 1 aromatic heterocycles. The number of anilines is 1. The molecule has 0 N–H and O–H groups in total. The maximum absolute atomic E-state index is 12.7. The van der Waals surface area contributed by atoms with E-state index in [1.165, 1.54) is 6.07 Å². The first-order chi connectivity index (χ1) is 12.9. The SMILES string of the molecule is COc1cccc(CN2CCN(c3ccc(C(F)(F)F)cn3)CCC2=O)c1. The molecule has 0 bridgehead atoms. The van der Waals surface area contributed by atoms with E-state index in [9.17, 15) is 18.0 Å². The number of benzene rings is 1. The van der Waals surface area contributed by atoms with Crippen molar-refractivity contribution < 1.29 is 22.7 Å². The van der Waals surface area contributed by atoms with Crippen LogP contribution in [0.5, 0.6) is 5.75 Å². The average molecular weight is 379 g/mol. The summed E-state index contributed by atoms with van der Waals surface area (Å²) in [5, 5.41) is 0. The molecule has 0 saturated carbocycles. The lowest BCUT2D eigenvalue weighted by Crippen LogP contribution is -2.33. The van der Waals surface area contributed by atoms with Crippen molar-refractivity contribution in [2.45, 2.75) is 19.1 Å². The van der Waals surface area contributed by atoms with E-state index in [0.717, 1.165) is 23.6 Å². The molecule has 5 nitrogen and oxygen atoms in total. The number of methoxy groups -OCH3 is 1. The van der Waals surface area contributed by atoms with Crippen LogP contribution in [0.15, 0.2) is 42.6 Å². The highest BCUT2D eigenvalue weighted by Gasteiger charge is 2.31. The number of aromatic nitrogens is 1. The van der Waals surface area contributed by atoms with Crippen molar-refractivity contribution in [1.29, 1.82) is 0 Å². The predicted octanol–water partition coefficient (Wildman–Crippen LogP) is 3.35. The third-order valence-corrected chi connectivity index (χ3v) is 4.49. The monoisotopic (exact) mass is 379 g/mol. The van der Waals surface area contributed by atoms with Crippen molar-refractivity contribution >= 4 is 11.7 Å². The second-order valence-electron chi connectivity index (χ2n) is 6.31. The van der Waals surface area contributed by atoms with Crippen LogP contribution in [0, 0.1) is 0 Å². The van der Waals surface area contributed by atoms with E-state index in [0.29, 0.717) is 32.0 Å². The number of amides is 1. The number of halogens is 3. The Kier molecular flexibility index (Phi) is 5.53. The molecule has 1 fully saturated rings. The lowest BCUT2D eigenvalue weighted by molar-refractivity contribution is -0.137. The van der Waals surface area contributed by atoms with Crippen molar-refractivity contribution in [3.05, 3.63) is 53.7 Å². The van der Waals surface area contributed by atoms with E-state index in [1.54, 1.807) is 12.0 Å². The van der Waals surface area contributed by atoms with Gasteiger partial charge >= 0.3 is 6.18 Å². The number of pyridine rings is 1. The first kappa shape index (κ1) is 19.0. The van der Waals surface area contributed by atoms with Gasteiger partial charge in [-0.05, 0) is 29.8 Å². The maximum Gasteiger partial charge on any atom is 0.417 e. The zero-order valence-corrected chi connectivity index (χ0v) is 14.9. The Bertz CT molecular complexity index is 794. The van der Waals surface area contributed by atoms with Crippen LogP contribution in [0.4, 0.5) is 19.0 Å². The molecule has 0 unspecified atom stereocenters. The molecule has 0 radical (unpaired) electrons. The van der Waals surface area contributed by atoms with Crippen molar-refractivity contribution in [2.75, 3.05) is 31.6 Å². The predicted molar refractivity (Wildman–Crippen MR) is 94.5 cm³/mol. The lowest BCUT2D eigenvalue weighted by atomic mass is 10.2. The number of hydrogen-bond acceptors (Lipinski definition) is 4. The fraction of sp³-hybridized carbons (Fsp3) is 0.368. The molecule has 1 aliphatic heterocycles. The van der Waals surface area contributed by atoms with Crippen molar-refractivity contribution in [2.24, 2.45) is 0 Å². The zero-order valence-electron chi connectivity index (χ0n) is 14.9. The molecule has 2 aromatic rings. The largest absolute Gasteiger partial charge is 0.497 e. The summed E-state index contributed by atoms with van der Waals surface area (Å²) in [6.45, 7) is 1.86. The molecule has 2 heterocycles. The number of carbonyl (C=O) groups is 1. The highest BCUT2D eigenvalue weighted by molar-refractivity contribution is 5.77. The summed E-state index contributed by atoms with van der Waals surface area (Å²) < 4.78 is 43.2. The Balaban J connectivity index is 1.67.